The molecule has 2 rings (SSSR count). The van der Waals surface area contributed by atoms with Crippen molar-refractivity contribution in [1.82, 2.24) is 5.32 Å². The third-order valence-electron chi connectivity index (χ3n) is 2.68. The Morgan fingerprint density at radius 3 is 2.19 bits per heavy atom. The summed E-state index contributed by atoms with van der Waals surface area (Å²) in [5.41, 5.74) is 3.91. The van der Waals surface area contributed by atoms with Gasteiger partial charge in [-0.2, -0.15) is 0 Å². The Morgan fingerprint density at radius 1 is 1.08 bits per heavy atom. The minimum absolute atomic E-state index is 0.302. The number of carbonyl (C=O) groups is 2. The molecule has 0 bridgehead atoms. The van der Waals surface area contributed by atoms with Crippen LogP contribution in [0.2, 0.25) is 0 Å². The van der Waals surface area contributed by atoms with E-state index in [1.807, 2.05) is 30.3 Å². The molecular weight excluding hydrogens is 332 g/mol. The van der Waals surface area contributed by atoms with Crippen LogP contribution in [0.1, 0.15) is 26.3 Å². The number of carbonyl (C=O) groups excluding carboxylic acids is 2. The van der Waals surface area contributed by atoms with E-state index >= 15 is 0 Å². The lowest BCUT2D eigenvalue weighted by Gasteiger charge is -2.10. The molecule has 0 saturated heterocycles. The van der Waals surface area contributed by atoms with E-state index in [0.717, 1.165) is 0 Å². The molecule has 4 N–H and O–H groups in total. The van der Waals surface area contributed by atoms with Crippen molar-refractivity contribution < 1.29 is 25.2 Å². The van der Waals surface area contributed by atoms with Gasteiger partial charge in [-0.1, -0.05) is 30.3 Å². The van der Waals surface area contributed by atoms with E-state index in [1.54, 1.807) is 24.3 Å². The van der Waals surface area contributed by atoms with Crippen LogP contribution in [0, 0.1) is 0 Å². The first-order valence-electron chi connectivity index (χ1n) is 8.14. The van der Waals surface area contributed by atoms with E-state index in [1.165, 1.54) is 13.0 Å². The number of amides is 1. The highest BCUT2D eigenvalue weighted by Gasteiger charge is 2.03. The van der Waals surface area contributed by atoms with Crippen LogP contribution in [0.25, 0.3) is 6.08 Å². The average Bonchev–Trinajstić information content (AvgIpc) is 2.54. The molecule has 0 fully saturated rings. The van der Waals surface area contributed by atoms with Crippen LogP contribution in [0.3, 0.4) is 0 Å². The number of ether oxygens (including phenoxy) is 1. The van der Waals surface area contributed by atoms with Crippen LogP contribution in [0.5, 0.6) is 11.5 Å². The van der Waals surface area contributed by atoms with Crippen LogP contribution in [0.15, 0.2) is 60.3 Å². The molecule has 2 aromatic carbocycles. The van der Waals surface area contributed by atoms with Gasteiger partial charge in [0.1, 0.15) is 11.5 Å². The number of aliphatic carboxylic acids is 1. The summed E-state index contributed by atoms with van der Waals surface area (Å²) in [4.78, 5) is 22.0. The van der Waals surface area contributed by atoms with Gasteiger partial charge >= 0.3 is 0 Å². The third kappa shape index (κ3) is 8.65. The Hall–Kier alpha value is -3.12. The Kier molecular flexibility index (Phi) is 8.60. The summed E-state index contributed by atoms with van der Waals surface area (Å²) < 4.78 is 5.66. The summed E-state index contributed by atoms with van der Waals surface area (Å²) in [6.07, 6.45) is 1.31. The van der Waals surface area contributed by atoms with E-state index < -0.39 is 11.9 Å². The van der Waals surface area contributed by atoms with Crippen molar-refractivity contribution in [3.8, 4) is 11.5 Å². The fourth-order valence-corrected chi connectivity index (χ4v) is 1.79. The first-order valence-corrected chi connectivity index (χ1v) is 8.14. The third-order valence-corrected chi connectivity index (χ3v) is 2.68. The maximum Gasteiger partial charge on any atom is 0.221 e. The van der Waals surface area contributed by atoms with Crippen molar-refractivity contribution in [2.24, 2.45) is 0 Å². The van der Waals surface area contributed by atoms with Gasteiger partial charge in [0.2, 0.25) is 5.91 Å². The molecule has 138 valence electrons. The van der Waals surface area contributed by atoms with E-state index in [4.69, 9.17) is 4.74 Å². The van der Waals surface area contributed by atoms with Crippen LogP contribution < -0.4 is 20.9 Å². The Morgan fingerprint density at radius 2 is 1.65 bits per heavy atom. The number of para-hydroxylation sites is 1. The Bertz CT molecular complexity index is 753. The number of hydrogen-bond donors (Lipinski definition) is 2. The van der Waals surface area contributed by atoms with Crippen LogP contribution >= 0.6 is 0 Å². The molecule has 0 radical (unpaired) electrons. The molecule has 0 aliphatic carbocycles. The quantitative estimate of drug-likeness (QED) is 0.789. The number of rotatable bonds is 5. The first-order chi connectivity index (χ1) is 12.3. The molecule has 0 aliphatic rings. The molecule has 0 unspecified atom stereocenters. The second kappa shape index (κ2) is 10.7. The van der Waals surface area contributed by atoms with E-state index in [2.05, 4.69) is 24.9 Å². The highest BCUT2D eigenvalue weighted by Crippen LogP contribution is 2.22. The fourth-order valence-electron chi connectivity index (χ4n) is 1.79. The highest BCUT2D eigenvalue weighted by atomic mass is 16.5. The van der Waals surface area contributed by atoms with Crippen molar-refractivity contribution in [2.75, 3.05) is 0 Å². The average molecular weight is 356 g/mol. The molecule has 1 amide bonds. The molecule has 0 aliphatic heterocycles. The summed E-state index contributed by atoms with van der Waals surface area (Å²) in [6.45, 7) is 5.34. The molecule has 0 saturated carbocycles. The molecule has 0 aromatic heterocycles. The summed E-state index contributed by atoms with van der Waals surface area (Å²) in [6, 6.07) is 16.6. The van der Waals surface area contributed by atoms with Gasteiger partial charge in [0.15, 0.2) is 0 Å². The molecule has 2 aromatic rings. The maximum absolute atomic E-state index is 11.0. The molecule has 0 spiro atoms. The molecular formula is C20H24N2O4. The number of quaternary nitrogens is 1. The molecule has 0 atom stereocenters. The fraction of sp³-hybridized carbons (Fsp3) is 0.200. The van der Waals surface area contributed by atoms with Gasteiger partial charge in [-0.15, -0.1) is 0 Å². The smallest absolute Gasteiger partial charge is 0.221 e. The monoisotopic (exact) mass is 356 g/mol. The molecule has 6 heteroatoms. The summed E-state index contributed by atoms with van der Waals surface area (Å²) >= 11 is 0. The summed E-state index contributed by atoms with van der Waals surface area (Å²) in [5, 5.41) is 13.2. The van der Waals surface area contributed by atoms with Crippen molar-refractivity contribution in [3.63, 3.8) is 0 Å². The lowest BCUT2D eigenvalue weighted by atomic mass is 10.2. The zero-order valence-electron chi connectivity index (χ0n) is 15.2. The van der Waals surface area contributed by atoms with Crippen molar-refractivity contribution in [3.05, 3.63) is 65.9 Å². The van der Waals surface area contributed by atoms with E-state index in [0.29, 0.717) is 23.1 Å². The van der Waals surface area contributed by atoms with Crippen LogP contribution in [-0.2, 0) is 9.59 Å². The lowest BCUT2D eigenvalue weighted by molar-refractivity contribution is -0.407. The van der Waals surface area contributed by atoms with Gasteiger partial charge in [0, 0.05) is 6.92 Å². The molecule has 0 heterocycles. The largest absolute Gasteiger partial charge is 0.543 e. The Labute approximate surface area is 153 Å². The van der Waals surface area contributed by atoms with Crippen LogP contribution in [-0.4, -0.2) is 17.9 Å². The topological polar surface area (TPSA) is 106 Å². The summed E-state index contributed by atoms with van der Waals surface area (Å²) in [5.74, 6) is -0.706. The van der Waals surface area contributed by atoms with E-state index in [-0.39, 0.29) is 5.70 Å². The zero-order valence-corrected chi connectivity index (χ0v) is 15.2. The minimum Gasteiger partial charge on any atom is -0.543 e. The SMILES string of the molecule is CC(=O)N/C(=C\c1cccc(Oc2ccccc2)c1)C(=O)[O-].CC(C)[NH3+]. The van der Waals surface area contributed by atoms with Crippen molar-refractivity contribution >= 4 is 18.0 Å². The summed E-state index contributed by atoms with van der Waals surface area (Å²) in [7, 11) is 0. The molecule has 26 heavy (non-hydrogen) atoms. The Balaban J connectivity index is 0.000000765. The number of benzene rings is 2. The van der Waals surface area contributed by atoms with Crippen molar-refractivity contribution in [2.45, 2.75) is 26.8 Å². The van der Waals surface area contributed by atoms with E-state index in [9.17, 15) is 14.7 Å². The molecule has 6 nitrogen and oxygen atoms in total. The van der Waals surface area contributed by atoms with Gasteiger partial charge in [-0.25, -0.2) is 0 Å². The standard InChI is InChI=1S/C17H15NO4.C3H9N/c1-12(19)18-16(17(20)21)11-13-6-5-9-15(10-13)22-14-7-3-2-4-8-14;1-3(2)4/h2-11H,1H3,(H,18,19)(H,20,21);3H,4H2,1-2H3/b16-11-;. The van der Waals surface area contributed by atoms with Gasteiger partial charge in [0.05, 0.1) is 17.7 Å². The predicted molar refractivity (Wildman–Crippen MR) is 97.8 cm³/mol. The number of carboxylic acids is 1. The lowest BCUT2D eigenvalue weighted by Crippen LogP contribution is -2.57. The maximum atomic E-state index is 11.0. The van der Waals surface area contributed by atoms with Crippen molar-refractivity contribution in [1.29, 1.82) is 0 Å². The van der Waals surface area contributed by atoms with Gasteiger partial charge in [-0.05, 0) is 49.8 Å². The number of carboxylic acid groups (broad SMARTS) is 1. The number of hydrogen-bond acceptors (Lipinski definition) is 4. The predicted octanol–water partition coefficient (Wildman–Crippen LogP) is 1.34. The van der Waals surface area contributed by atoms with Gasteiger partial charge in [-0.3, -0.25) is 4.79 Å². The minimum atomic E-state index is -1.45. The number of nitrogens with one attached hydrogen (secondary N) is 1. The second-order valence-corrected chi connectivity index (χ2v) is 5.91. The highest BCUT2D eigenvalue weighted by molar-refractivity contribution is 5.95. The van der Waals surface area contributed by atoms with Crippen LogP contribution in [0.4, 0.5) is 0 Å². The zero-order chi connectivity index (χ0) is 19.5. The van der Waals surface area contributed by atoms with Gasteiger partial charge < -0.3 is 25.7 Å². The normalized spacial score (nSPS) is 10.6. The first kappa shape index (κ1) is 20.9. The second-order valence-electron chi connectivity index (χ2n) is 5.91. The van der Waals surface area contributed by atoms with Gasteiger partial charge in [0.25, 0.3) is 0 Å².